The first-order chi connectivity index (χ1) is 20.1. The molecule has 0 N–H and O–H groups in total. The van der Waals surface area contributed by atoms with Crippen LogP contribution in [0.5, 0.6) is 0 Å². The maximum absolute atomic E-state index is 13.4. The van der Waals surface area contributed by atoms with E-state index in [1.54, 1.807) is 6.08 Å². The molecule has 5 heteroatoms. The van der Waals surface area contributed by atoms with E-state index in [1.807, 2.05) is 0 Å². The van der Waals surface area contributed by atoms with E-state index in [1.165, 1.54) is 128 Å². The SMILES string of the molecule is CCCCCCCCOC(=O)/C=[C](\C(=O)OCCCCCCCC)[SnH]([CH2]CCCCCCC)[CH2]CCCCCCC. The van der Waals surface area contributed by atoms with Gasteiger partial charge in [-0.15, -0.1) is 0 Å². The first kappa shape index (κ1) is 40.5. The number of carbonyl (C=O) groups excluding carboxylic acids is 2. The zero-order chi connectivity index (χ0) is 30.2. The Balaban J connectivity index is 5.22. The second-order valence-corrected chi connectivity index (χ2v) is 21.3. The van der Waals surface area contributed by atoms with E-state index in [-0.39, 0.29) is 11.9 Å². The summed E-state index contributed by atoms with van der Waals surface area (Å²) in [4.78, 5) is 26.3. The van der Waals surface area contributed by atoms with Gasteiger partial charge in [0.1, 0.15) is 0 Å². The van der Waals surface area contributed by atoms with Crippen LogP contribution in [-0.4, -0.2) is 44.9 Å². The van der Waals surface area contributed by atoms with Crippen molar-refractivity contribution >= 4 is 31.7 Å². The Kier molecular flexibility index (Phi) is 32.0. The molecule has 0 bridgehead atoms. The molecule has 242 valence electrons. The van der Waals surface area contributed by atoms with Gasteiger partial charge < -0.3 is 0 Å². The first-order valence-electron chi connectivity index (χ1n) is 18.2. The minimum absolute atomic E-state index is 0.201. The average molecular weight is 686 g/mol. The summed E-state index contributed by atoms with van der Waals surface area (Å²) in [5.74, 6) is -0.523. The predicted octanol–water partition coefficient (Wildman–Crippen LogP) is 11.2. The number of hydrogen-bond donors (Lipinski definition) is 0. The van der Waals surface area contributed by atoms with Gasteiger partial charge in [0.05, 0.1) is 0 Å². The third-order valence-electron chi connectivity index (χ3n) is 8.23. The summed E-state index contributed by atoms with van der Waals surface area (Å²) in [6.07, 6.45) is 30.8. The van der Waals surface area contributed by atoms with Gasteiger partial charge in [0.2, 0.25) is 0 Å². The van der Waals surface area contributed by atoms with Crippen LogP contribution in [0.1, 0.15) is 182 Å². The van der Waals surface area contributed by atoms with E-state index < -0.39 is 19.8 Å². The zero-order valence-electron chi connectivity index (χ0n) is 28.1. The molecule has 0 atom stereocenters. The van der Waals surface area contributed by atoms with Crippen molar-refractivity contribution in [3.63, 3.8) is 0 Å². The summed E-state index contributed by atoms with van der Waals surface area (Å²) >= 11 is -2.50. The second kappa shape index (κ2) is 32.4. The van der Waals surface area contributed by atoms with Crippen LogP contribution in [0.15, 0.2) is 9.67 Å². The molecule has 0 aliphatic rings. The molecule has 0 radical (unpaired) electrons. The number of rotatable bonds is 31. The monoisotopic (exact) mass is 686 g/mol. The van der Waals surface area contributed by atoms with Crippen molar-refractivity contribution in [2.75, 3.05) is 13.2 Å². The fourth-order valence-electron chi connectivity index (χ4n) is 5.50. The van der Waals surface area contributed by atoms with Crippen molar-refractivity contribution in [1.82, 2.24) is 0 Å². The van der Waals surface area contributed by atoms with E-state index in [2.05, 4.69) is 27.7 Å². The van der Waals surface area contributed by atoms with Gasteiger partial charge in [-0.25, -0.2) is 0 Å². The summed E-state index contributed by atoms with van der Waals surface area (Å²) in [5.41, 5.74) is 0. The van der Waals surface area contributed by atoms with Gasteiger partial charge in [-0.1, -0.05) is 0 Å². The second-order valence-electron chi connectivity index (χ2n) is 12.2. The van der Waals surface area contributed by atoms with Gasteiger partial charge in [-0.05, 0) is 0 Å². The van der Waals surface area contributed by atoms with Crippen LogP contribution < -0.4 is 0 Å². The standard InChI is InChI=1S/C20H35O4.2C8H17.Sn.H/c1-3-5-7-9-11-13-17-23-19(21)15-16-20(22)24-18-14-12-10-8-6-4-2;2*1-3-5-7-8-6-4-2;;/h15H,3-14,17-18H2,1-2H3;2*1,3-8H2,2H3;;. The number of hydrogen-bond acceptors (Lipinski definition) is 4. The fourth-order valence-corrected chi connectivity index (χ4v) is 14.8. The molecule has 0 spiro atoms. The predicted molar refractivity (Wildman–Crippen MR) is 180 cm³/mol. The Morgan fingerprint density at radius 1 is 0.463 bits per heavy atom. The molecule has 0 rings (SSSR count). The molecular weight excluding hydrogens is 615 g/mol. The third kappa shape index (κ3) is 26.8. The van der Waals surface area contributed by atoms with Crippen LogP contribution in [-0.2, 0) is 19.1 Å². The van der Waals surface area contributed by atoms with E-state index in [0.717, 1.165) is 38.1 Å². The Morgan fingerprint density at radius 3 is 1.22 bits per heavy atom. The number of unbranched alkanes of at least 4 members (excludes halogenated alkanes) is 20. The zero-order valence-corrected chi connectivity index (χ0v) is 31.4. The Hall–Kier alpha value is -0.521. The van der Waals surface area contributed by atoms with E-state index in [0.29, 0.717) is 13.2 Å². The van der Waals surface area contributed by atoms with Crippen LogP contribution in [0, 0.1) is 0 Å². The van der Waals surface area contributed by atoms with E-state index >= 15 is 0 Å². The molecule has 4 nitrogen and oxygen atoms in total. The molecular formula is C36H70O4Sn. The molecule has 0 heterocycles. The van der Waals surface area contributed by atoms with Gasteiger partial charge in [0.15, 0.2) is 0 Å². The summed E-state index contributed by atoms with van der Waals surface area (Å²) in [5, 5.41) is 0. The van der Waals surface area contributed by atoms with Gasteiger partial charge in [-0.3, -0.25) is 0 Å². The van der Waals surface area contributed by atoms with Crippen LogP contribution in [0.4, 0.5) is 0 Å². The molecule has 0 unspecified atom stereocenters. The Morgan fingerprint density at radius 2 is 0.805 bits per heavy atom. The van der Waals surface area contributed by atoms with Crippen LogP contribution >= 0.6 is 0 Å². The molecule has 0 fully saturated rings. The van der Waals surface area contributed by atoms with E-state index in [9.17, 15) is 9.59 Å². The van der Waals surface area contributed by atoms with Gasteiger partial charge >= 0.3 is 264 Å². The van der Waals surface area contributed by atoms with Crippen LogP contribution in [0.25, 0.3) is 0 Å². The average Bonchev–Trinajstić information content (AvgIpc) is 2.97. The summed E-state index contributed by atoms with van der Waals surface area (Å²) in [6.45, 7) is 9.89. The number of carbonyl (C=O) groups is 2. The summed E-state index contributed by atoms with van der Waals surface area (Å²) in [7, 11) is 0. The molecule has 0 amide bonds. The van der Waals surface area contributed by atoms with Crippen LogP contribution in [0.2, 0.25) is 8.87 Å². The summed E-state index contributed by atoms with van der Waals surface area (Å²) < 4.78 is 14.5. The van der Waals surface area contributed by atoms with Crippen molar-refractivity contribution in [3.8, 4) is 0 Å². The molecule has 0 aliphatic carbocycles. The molecule has 0 saturated heterocycles. The topological polar surface area (TPSA) is 52.6 Å². The number of esters is 2. The third-order valence-corrected chi connectivity index (χ3v) is 18.2. The summed E-state index contributed by atoms with van der Waals surface area (Å²) in [6, 6.07) is 0. The van der Waals surface area contributed by atoms with Crippen molar-refractivity contribution in [2.24, 2.45) is 0 Å². The van der Waals surface area contributed by atoms with Crippen molar-refractivity contribution in [2.45, 2.75) is 191 Å². The number of ether oxygens (including phenoxy) is 2. The molecule has 0 saturated carbocycles. The van der Waals surface area contributed by atoms with Gasteiger partial charge in [-0.2, -0.15) is 0 Å². The minimum atomic E-state index is -2.50. The molecule has 0 aliphatic heterocycles. The molecule has 0 aromatic heterocycles. The Labute approximate surface area is 263 Å². The molecule has 0 aromatic carbocycles. The van der Waals surface area contributed by atoms with Crippen molar-refractivity contribution in [1.29, 1.82) is 0 Å². The molecule has 0 aromatic rings. The molecule has 41 heavy (non-hydrogen) atoms. The normalized spacial score (nSPS) is 11.8. The van der Waals surface area contributed by atoms with Crippen molar-refractivity contribution < 1.29 is 19.1 Å². The van der Waals surface area contributed by atoms with Crippen LogP contribution in [0.3, 0.4) is 0 Å². The fraction of sp³-hybridized carbons (Fsp3) is 0.889. The van der Waals surface area contributed by atoms with E-state index in [4.69, 9.17) is 9.47 Å². The van der Waals surface area contributed by atoms with Crippen molar-refractivity contribution in [3.05, 3.63) is 9.67 Å². The first-order valence-corrected chi connectivity index (χ1v) is 24.5. The van der Waals surface area contributed by atoms with Gasteiger partial charge in [0, 0.05) is 0 Å². The quantitative estimate of drug-likeness (QED) is 0.0315. The van der Waals surface area contributed by atoms with Gasteiger partial charge in [0.25, 0.3) is 0 Å². The maximum atomic E-state index is 13.4. The Bertz CT molecular complexity index is 603.